The van der Waals surface area contributed by atoms with E-state index >= 15 is 0 Å². The Balaban J connectivity index is 1.89. The summed E-state index contributed by atoms with van der Waals surface area (Å²) >= 11 is 0. The first-order chi connectivity index (χ1) is 19.2. The van der Waals surface area contributed by atoms with Gasteiger partial charge in [0.25, 0.3) is 5.91 Å². The third kappa shape index (κ3) is 8.47. The molecule has 0 saturated carbocycles. The Morgan fingerprint density at radius 3 is 2.35 bits per heavy atom. The average molecular weight is 584 g/mol. The molecule has 1 amide bonds. The van der Waals surface area contributed by atoms with Gasteiger partial charge >= 0.3 is 6.18 Å². The molecule has 3 aromatic rings. The number of carbonyl (C=O) groups excluding carboxylic acids is 1. The van der Waals surface area contributed by atoms with Gasteiger partial charge < -0.3 is 39.9 Å². The maximum absolute atomic E-state index is 13.8. The topological polar surface area (TPSA) is 147 Å². The van der Waals surface area contributed by atoms with Gasteiger partial charge in [0.1, 0.15) is 17.1 Å². The lowest BCUT2D eigenvalue weighted by atomic mass is 10.1. The molecule has 0 radical (unpaired) electrons. The predicted octanol–water partition coefficient (Wildman–Crippen LogP) is 4.18. The molecule has 0 unspecified atom stereocenters. The highest BCUT2D eigenvalue weighted by Gasteiger charge is 2.35. The smallest absolute Gasteiger partial charge is 0.421 e. The van der Waals surface area contributed by atoms with Crippen molar-refractivity contribution in [3.8, 4) is 5.75 Å². The predicted molar refractivity (Wildman–Crippen MR) is 143 cm³/mol. The summed E-state index contributed by atoms with van der Waals surface area (Å²) in [5, 5.41) is 26.0. The monoisotopic (exact) mass is 583 g/mol. The van der Waals surface area contributed by atoms with Gasteiger partial charge in [0.05, 0.1) is 50.5 Å². The van der Waals surface area contributed by atoms with Gasteiger partial charge in [-0.1, -0.05) is 18.2 Å². The summed E-state index contributed by atoms with van der Waals surface area (Å²) in [6.45, 7) is -0.226. The van der Waals surface area contributed by atoms with Crippen molar-refractivity contribution >= 4 is 37.4 Å². The van der Waals surface area contributed by atoms with Crippen molar-refractivity contribution in [2.75, 3.05) is 51.2 Å². The van der Waals surface area contributed by atoms with E-state index in [1.54, 1.807) is 30.3 Å². The standard InChI is InChI=1S/C25H29F3N5O6P/c1-29-23(36)17-5-3-4-6-19(17)31-22-18(25(26,27)28)14-30-24(33-22)32-20-8-7-16(13-21(20)37-2)15-40(38-11-9-34)39-12-10-35/h3-8,13-14,34-35H,9-12,15H2,1-2H3,(H,29,36)(H2,30,31,32,33). The first-order valence-electron chi connectivity index (χ1n) is 11.9. The molecule has 40 heavy (non-hydrogen) atoms. The van der Waals surface area contributed by atoms with Crippen LogP contribution in [-0.2, 0) is 21.4 Å². The second kappa shape index (κ2) is 14.7. The van der Waals surface area contributed by atoms with Gasteiger partial charge in [0.15, 0.2) is 8.38 Å². The highest BCUT2D eigenvalue weighted by atomic mass is 31.2. The van der Waals surface area contributed by atoms with Crippen molar-refractivity contribution < 1.29 is 42.0 Å². The van der Waals surface area contributed by atoms with Gasteiger partial charge in [-0.25, -0.2) is 4.98 Å². The SMILES string of the molecule is CNC(=O)c1ccccc1Nc1nc(Nc2ccc(CP(OCCO)OCCO)cc2OC)ncc1C(F)(F)F. The molecular weight excluding hydrogens is 554 g/mol. The summed E-state index contributed by atoms with van der Waals surface area (Å²) in [5.41, 5.74) is 0.272. The van der Waals surface area contributed by atoms with Gasteiger partial charge in [0, 0.05) is 19.4 Å². The Morgan fingerprint density at radius 1 is 1.02 bits per heavy atom. The molecule has 0 spiro atoms. The molecule has 1 heterocycles. The fourth-order valence-corrected chi connectivity index (χ4v) is 4.74. The number of aliphatic hydroxyl groups excluding tert-OH is 2. The number of nitrogens with one attached hydrogen (secondary N) is 3. The number of aliphatic hydroxyl groups is 2. The number of hydrogen-bond donors (Lipinski definition) is 5. The van der Waals surface area contributed by atoms with Crippen LogP contribution < -0.4 is 20.7 Å². The molecule has 0 aliphatic heterocycles. The number of halogens is 3. The summed E-state index contributed by atoms with van der Waals surface area (Å²) in [7, 11) is 1.40. The lowest BCUT2D eigenvalue weighted by Crippen LogP contribution is -2.20. The number of aromatic nitrogens is 2. The molecule has 0 atom stereocenters. The number of alkyl halides is 3. The molecule has 5 N–H and O–H groups in total. The van der Waals surface area contributed by atoms with Crippen molar-refractivity contribution in [3.05, 3.63) is 65.4 Å². The second-order valence-electron chi connectivity index (χ2n) is 7.97. The Labute approximate surface area is 229 Å². The number of amides is 1. The number of ether oxygens (including phenoxy) is 1. The first kappa shape index (κ1) is 31.0. The minimum absolute atomic E-state index is 0.0725. The van der Waals surface area contributed by atoms with E-state index in [9.17, 15) is 18.0 Å². The third-order valence-electron chi connectivity index (χ3n) is 5.22. The quantitative estimate of drug-likeness (QED) is 0.175. The molecule has 1 aromatic heterocycles. The van der Waals surface area contributed by atoms with Crippen LogP contribution in [0.3, 0.4) is 0 Å². The van der Waals surface area contributed by atoms with Crippen molar-refractivity contribution in [1.29, 1.82) is 0 Å². The second-order valence-corrected chi connectivity index (χ2v) is 9.47. The van der Waals surface area contributed by atoms with E-state index in [2.05, 4.69) is 25.9 Å². The van der Waals surface area contributed by atoms with E-state index in [4.69, 9.17) is 24.0 Å². The largest absolute Gasteiger partial charge is 0.495 e. The molecule has 0 bridgehead atoms. The molecule has 11 nitrogen and oxygen atoms in total. The zero-order chi connectivity index (χ0) is 29.1. The summed E-state index contributed by atoms with van der Waals surface area (Å²) in [6.07, 6.45) is -3.79. The minimum atomic E-state index is -4.77. The Morgan fingerprint density at radius 2 is 1.73 bits per heavy atom. The molecule has 15 heteroatoms. The molecule has 2 aromatic carbocycles. The maximum atomic E-state index is 13.8. The number of nitrogens with zero attached hydrogens (tertiary/aromatic N) is 2. The molecule has 0 aliphatic rings. The van der Waals surface area contributed by atoms with Gasteiger partial charge in [-0.15, -0.1) is 0 Å². The van der Waals surface area contributed by atoms with Crippen molar-refractivity contribution in [1.82, 2.24) is 15.3 Å². The van der Waals surface area contributed by atoms with Crippen LogP contribution in [0.1, 0.15) is 21.5 Å². The van der Waals surface area contributed by atoms with Gasteiger partial charge in [-0.05, 0) is 29.8 Å². The number of carbonyl (C=O) groups is 1. The highest BCUT2D eigenvalue weighted by molar-refractivity contribution is 7.46. The molecule has 216 valence electrons. The zero-order valence-corrected chi connectivity index (χ0v) is 22.6. The van der Waals surface area contributed by atoms with Crippen LogP contribution in [-0.4, -0.2) is 66.7 Å². The van der Waals surface area contributed by atoms with Crippen LogP contribution in [0.25, 0.3) is 0 Å². The minimum Gasteiger partial charge on any atom is -0.495 e. The van der Waals surface area contributed by atoms with Crippen LogP contribution >= 0.6 is 8.38 Å². The van der Waals surface area contributed by atoms with Crippen LogP contribution in [0.4, 0.5) is 36.3 Å². The van der Waals surface area contributed by atoms with Crippen LogP contribution in [0.2, 0.25) is 0 Å². The fourth-order valence-electron chi connectivity index (χ4n) is 3.42. The van der Waals surface area contributed by atoms with E-state index in [1.807, 2.05) is 0 Å². The Kier molecular flexibility index (Phi) is 11.4. The molecule has 0 fully saturated rings. The summed E-state index contributed by atoms with van der Waals surface area (Å²) in [4.78, 5) is 20.1. The lowest BCUT2D eigenvalue weighted by Gasteiger charge is -2.18. The summed E-state index contributed by atoms with van der Waals surface area (Å²) in [6, 6.07) is 11.1. The van der Waals surface area contributed by atoms with Crippen molar-refractivity contribution in [3.63, 3.8) is 0 Å². The van der Waals surface area contributed by atoms with Crippen molar-refractivity contribution in [2.45, 2.75) is 12.3 Å². The van der Waals surface area contributed by atoms with Crippen molar-refractivity contribution in [2.24, 2.45) is 0 Å². The van der Waals surface area contributed by atoms with Gasteiger partial charge in [-0.2, -0.15) is 18.2 Å². The molecular formula is C25H29F3N5O6P. The number of benzene rings is 2. The van der Waals surface area contributed by atoms with E-state index in [1.165, 1.54) is 26.3 Å². The highest BCUT2D eigenvalue weighted by Crippen LogP contribution is 2.43. The Hall–Kier alpha value is -3.55. The van der Waals surface area contributed by atoms with E-state index in [0.717, 1.165) is 5.56 Å². The fraction of sp³-hybridized carbons (Fsp3) is 0.320. The van der Waals surface area contributed by atoms with Crippen LogP contribution in [0.15, 0.2) is 48.7 Å². The van der Waals surface area contributed by atoms with Gasteiger partial charge in [0.2, 0.25) is 5.95 Å². The van der Waals surface area contributed by atoms with Crippen LogP contribution in [0, 0.1) is 0 Å². The summed E-state index contributed by atoms with van der Waals surface area (Å²) < 4.78 is 57.8. The normalized spacial score (nSPS) is 11.4. The number of rotatable bonds is 14. The molecule has 3 rings (SSSR count). The molecule has 0 aliphatic carbocycles. The maximum Gasteiger partial charge on any atom is 0.421 e. The number of para-hydroxylation sites is 1. The zero-order valence-electron chi connectivity index (χ0n) is 21.7. The number of methoxy groups -OCH3 is 1. The lowest BCUT2D eigenvalue weighted by molar-refractivity contribution is -0.137. The van der Waals surface area contributed by atoms with Gasteiger partial charge in [-0.3, -0.25) is 4.79 Å². The van der Waals surface area contributed by atoms with E-state index in [0.29, 0.717) is 23.8 Å². The van der Waals surface area contributed by atoms with Crippen LogP contribution in [0.5, 0.6) is 5.75 Å². The van der Waals surface area contributed by atoms with E-state index < -0.39 is 31.8 Å². The third-order valence-corrected chi connectivity index (χ3v) is 6.79. The average Bonchev–Trinajstić information content (AvgIpc) is 2.94. The van der Waals surface area contributed by atoms with E-state index in [-0.39, 0.29) is 43.6 Å². The summed E-state index contributed by atoms with van der Waals surface area (Å²) in [5.74, 6) is -0.843. The number of anilines is 4. The molecule has 0 saturated heterocycles. The Bertz CT molecular complexity index is 1280. The number of hydrogen-bond acceptors (Lipinski definition) is 10. The first-order valence-corrected chi connectivity index (χ1v) is 13.3.